The fourth-order valence-electron chi connectivity index (χ4n) is 9.21. The number of esters is 1. The molecule has 5 atom stereocenters. The minimum Gasteiger partial charge on any atom is -0.508 e. The largest absolute Gasteiger partial charge is 0.508 e. The molecule has 1 amide bonds. The van der Waals surface area contributed by atoms with Gasteiger partial charge in [0.25, 0.3) is 0 Å². The van der Waals surface area contributed by atoms with Crippen LogP contribution in [0.1, 0.15) is 67.9 Å². The van der Waals surface area contributed by atoms with Gasteiger partial charge >= 0.3 is 5.97 Å². The van der Waals surface area contributed by atoms with Crippen LogP contribution in [0.4, 0.5) is 0 Å². The topological polar surface area (TPSA) is 79.3 Å². The molecule has 7 heteroatoms. The number of rotatable bonds is 9. The second kappa shape index (κ2) is 12.5. The number of nitrogens with zero attached hydrogens (tertiary/aromatic N) is 2. The fourth-order valence-corrected chi connectivity index (χ4v) is 9.21. The Kier molecular flexibility index (Phi) is 8.37. The highest BCUT2D eigenvalue weighted by molar-refractivity contribution is 5.92. The zero-order valence-electron chi connectivity index (χ0n) is 27.9. The molecule has 1 spiro atoms. The van der Waals surface area contributed by atoms with Gasteiger partial charge in [-0.05, 0) is 74.6 Å². The van der Waals surface area contributed by atoms with Gasteiger partial charge in [-0.2, -0.15) is 0 Å². The summed E-state index contributed by atoms with van der Waals surface area (Å²) in [6.07, 6.45) is 7.65. The molecule has 4 aliphatic rings. The van der Waals surface area contributed by atoms with Crippen molar-refractivity contribution in [2.75, 3.05) is 19.6 Å². The molecule has 0 radical (unpaired) electrons. The van der Waals surface area contributed by atoms with E-state index in [4.69, 9.17) is 9.47 Å². The van der Waals surface area contributed by atoms with E-state index in [-0.39, 0.29) is 46.9 Å². The van der Waals surface area contributed by atoms with Crippen molar-refractivity contribution >= 4 is 18.0 Å². The Bertz CT molecular complexity index is 1700. The van der Waals surface area contributed by atoms with E-state index in [1.54, 1.807) is 12.1 Å². The Morgan fingerprint density at radius 1 is 1.13 bits per heavy atom. The van der Waals surface area contributed by atoms with Crippen LogP contribution in [0, 0.1) is 18.8 Å². The van der Waals surface area contributed by atoms with Gasteiger partial charge in [0, 0.05) is 54.7 Å². The first kappa shape index (κ1) is 31.5. The van der Waals surface area contributed by atoms with E-state index in [0.29, 0.717) is 18.2 Å². The predicted molar refractivity (Wildman–Crippen MR) is 183 cm³/mol. The monoisotopic (exact) mass is 634 g/mol. The van der Waals surface area contributed by atoms with Crippen LogP contribution in [0.2, 0.25) is 0 Å². The Labute approximate surface area is 278 Å². The van der Waals surface area contributed by atoms with Gasteiger partial charge in [0.1, 0.15) is 11.9 Å². The SMILES string of the molecule is CC(=O)Oc1cc(O)c2c3c1O[C@H]1[C@H](N(CC(C)C)C(=O)C=Cc4cccc(C)c4)CC[C@H]4[C@@H](C2)N(CCc2ccccc2)CC[C@@]341. The first-order chi connectivity index (χ1) is 22.7. The maximum absolute atomic E-state index is 14.1. The number of carbonyl (C=O) groups is 2. The maximum atomic E-state index is 14.1. The molecule has 2 heterocycles. The number of hydrogen-bond donors (Lipinski definition) is 1. The molecule has 0 aromatic heterocycles. The number of benzene rings is 3. The third-order valence-electron chi connectivity index (χ3n) is 11.0. The highest BCUT2D eigenvalue weighted by Gasteiger charge is 2.67. The second-order valence-electron chi connectivity index (χ2n) is 14.4. The smallest absolute Gasteiger partial charge is 0.308 e. The molecule has 7 rings (SSSR count). The summed E-state index contributed by atoms with van der Waals surface area (Å²) < 4.78 is 12.7. The van der Waals surface area contributed by atoms with E-state index in [2.05, 4.69) is 68.1 Å². The molecule has 0 unspecified atom stereocenters. The van der Waals surface area contributed by atoms with Gasteiger partial charge < -0.3 is 19.5 Å². The van der Waals surface area contributed by atoms with Gasteiger partial charge in [-0.15, -0.1) is 0 Å². The maximum Gasteiger partial charge on any atom is 0.308 e. The van der Waals surface area contributed by atoms with Gasteiger partial charge in [-0.1, -0.05) is 74.0 Å². The summed E-state index contributed by atoms with van der Waals surface area (Å²) in [6.45, 7) is 10.2. The Morgan fingerprint density at radius 2 is 1.94 bits per heavy atom. The lowest BCUT2D eigenvalue weighted by molar-refractivity contribution is -0.138. The van der Waals surface area contributed by atoms with Crippen molar-refractivity contribution in [3.05, 3.63) is 94.6 Å². The first-order valence-electron chi connectivity index (χ1n) is 17.2. The van der Waals surface area contributed by atoms with Crippen molar-refractivity contribution in [1.29, 1.82) is 0 Å². The zero-order valence-corrected chi connectivity index (χ0v) is 27.9. The van der Waals surface area contributed by atoms with Gasteiger partial charge in [-0.25, -0.2) is 0 Å². The molecule has 47 heavy (non-hydrogen) atoms. The molecule has 246 valence electrons. The number of carbonyl (C=O) groups excluding carboxylic acids is 2. The molecule has 2 aliphatic carbocycles. The summed E-state index contributed by atoms with van der Waals surface area (Å²) in [4.78, 5) is 31.0. The van der Waals surface area contributed by atoms with Crippen molar-refractivity contribution in [2.24, 2.45) is 11.8 Å². The fraction of sp³-hybridized carbons (Fsp3) is 0.450. The third kappa shape index (κ3) is 5.62. The van der Waals surface area contributed by atoms with Crippen molar-refractivity contribution in [1.82, 2.24) is 9.80 Å². The van der Waals surface area contributed by atoms with Crippen LogP contribution >= 0.6 is 0 Å². The number of hydrogen-bond acceptors (Lipinski definition) is 6. The lowest BCUT2D eigenvalue weighted by atomic mass is 9.50. The highest BCUT2D eigenvalue weighted by atomic mass is 16.6. The van der Waals surface area contributed by atoms with Crippen LogP contribution in [0.15, 0.2) is 66.7 Å². The van der Waals surface area contributed by atoms with E-state index < -0.39 is 5.97 Å². The molecule has 2 fully saturated rings. The molecule has 7 nitrogen and oxygen atoms in total. The molecule has 2 bridgehead atoms. The summed E-state index contributed by atoms with van der Waals surface area (Å²) in [5.74, 6) is 1.12. The standard InChI is InChI=1S/C40H46N2O5/c1-25(2)24-42(36(45)16-13-29-12-8-9-26(3)21-29)32-15-14-31-33-22-30-34(44)23-35(46-27(4)43)38-37(30)40(31,39(32)47-38)18-20-41(33)19-17-28-10-6-5-7-11-28/h5-13,16,21,23,25,31-33,39,44H,14-15,17-20,22,24H2,1-4H3/t31-,32+,33+,39-,40-/m0/s1. The summed E-state index contributed by atoms with van der Waals surface area (Å²) in [5, 5.41) is 11.5. The summed E-state index contributed by atoms with van der Waals surface area (Å²) in [6, 6.07) is 20.4. The van der Waals surface area contributed by atoms with Gasteiger partial charge in [0.15, 0.2) is 11.5 Å². The quantitative estimate of drug-likeness (QED) is 0.165. The van der Waals surface area contributed by atoms with Crippen LogP contribution in [-0.4, -0.2) is 64.6 Å². The number of piperidine rings is 1. The van der Waals surface area contributed by atoms with Gasteiger partial charge in [0.2, 0.25) is 5.91 Å². The molecule has 3 aromatic carbocycles. The normalized spacial score (nSPS) is 25.8. The van der Waals surface area contributed by atoms with Crippen molar-refractivity contribution < 1.29 is 24.2 Å². The van der Waals surface area contributed by atoms with E-state index >= 15 is 0 Å². The van der Waals surface area contributed by atoms with Gasteiger partial charge in [0.05, 0.1) is 6.04 Å². The lowest BCUT2D eigenvalue weighted by Gasteiger charge is -2.60. The van der Waals surface area contributed by atoms with E-state index in [1.165, 1.54) is 12.5 Å². The van der Waals surface area contributed by atoms with Crippen molar-refractivity contribution in [2.45, 2.75) is 83.4 Å². The summed E-state index contributed by atoms with van der Waals surface area (Å²) in [7, 11) is 0. The number of aromatic hydroxyl groups is 1. The molecule has 3 aromatic rings. The Hall–Kier alpha value is -4.10. The van der Waals surface area contributed by atoms with E-state index in [0.717, 1.165) is 67.4 Å². The third-order valence-corrected chi connectivity index (χ3v) is 11.0. The highest BCUT2D eigenvalue weighted by Crippen LogP contribution is 2.65. The van der Waals surface area contributed by atoms with Crippen LogP contribution < -0.4 is 9.47 Å². The average molecular weight is 635 g/mol. The minimum absolute atomic E-state index is 0.0180. The van der Waals surface area contributed by atoms with Crippen molar-refractivity contribution in [3.8, 4) is 17.2 Å². The van der Waals surface area contributed by atoms with E-state index in [1.807, 2.05) is 23.1 Å². The lowest BCUT2D eigenvalue weighted by Crippen LogP contribution is -2.69. The van der Waals surface area contributed by atoms with Crippen LogP contribution in [0.5, 0.6) is 17.2 Å². The molecule has 1 saturated heterocycles. The van der Waals surface area contributed by atoms with E-state index in [9.17, 15) is 14.7 Å². The molecule has 1 N–H and O–H groups in total. The summed E-state index contributed by atoms with van der Waals surface area (Å²) >= 11 is 0. The molecular formula is C40H46N2O5. The minimum atomic E-state index is -0.452. The number of phenols is 1. The number of likely N-dealkylation sites (tertiary alicyclic amines) is 1. The number of amides is 1. The first-order valence-corrected chi connectivity index (χ1v) is 17.2. The second-order valence-corrected chi connectivity index (χ2v) is 14.4. The molecule has 2 aliphatic heterocycles. The van der Waals surface area contributed by atoms with Crippen molar-refractivity contribution in [3.63, 3.8) is 0 Å². The Balaban J connectivity index is 1.27. The average Bonchev–Trinajstić information content (AvgIpc) is 3.38. The molecule has 1 saturated carbocycles. The number of ether oxygens (including phenoxy) is 2. The van der Waals surface area contributed by atoms with Crippen LogP contribution in [0.25, 0.3) is 6.08 Å². The van der Waals surface area contributed by atoms with Crippen LogP contribution in [-0.2, 0) is 27.8 Å². The van der Waals surface area contributed by atoms with Gasteiger partial charge in [-0.3, -0.25) is 14.5 Å². The zero-order chi connectivity index (χ0) is 32.9. The molecular weight excluding hydrogens is 588 g/mol. The number of phenolic OH excluding ortho intramolecular Hbond substituents is 1. The summed E-state index contributed by atoms with van der Waals surface area (Å²) in [5.41, 5.74) is 5.01. The van der Waals surface area contributed by atoms with Crippen LogP contribution in [0.3, 0.4) is 0 Å². The Morgan fingerprint density at radius 3 is 2.68 bits per heavy atom. The predicted octanol–water partition coefficient (Wildman–Crippen LogP) is 6.47. The number of aryl methyl sites for hydroxylation is 1.